The van der Waals surface area contributed by atoms with E-state index in [0.717, 1.165) is 24.7 Å². The van der Waals surface area contributed by atoms with Crippen molar-refractivity contribution in [3.8, 4) is 0 Å². The maximum atomic E-state index is 5.97. The minimum Gasteiger partial charge on any atom is -0.313 e. The van der Waals surface area contributed by atoms with Crippen LogP contribution in [-0.4, -0.2) is 5.66 Å². The van der Waals surface area contributed by atoms with Gasteiger partial charge in [0.05, 0.1) is 5.66 Å². The van der Waals surface area contributed by atoms with Gasteiger partial charge >= 0.3 is 0 Å². The van der Waals surface area contributed by atoms with Crippen LogP contribution >= 0.6 is 0 Å². The molecule has 0 aromatic heterocycles. The zero-order valence-corrected chi connectivity index (χ0v) is 10.7. The number of hydrogen-bond donors (Lipinski definition) is 2. The minimum absolute atomic E-state index is 0.400. The Morgan fingerprint density at radius 3 is 2.35 bits per heavy atom. The van der Waals surface area contributed by atoms with Gasteiger partial charge < -0.3 is 11.5 Å². The van der Waals surface area contributed by atoms with Crippen molar-refractivity contribution in [3.63, 3.8) is 0 Å². The molecule has 4 N–H and O–H groups in total. The van der Waals surface area contributed by atoms with Gasteiger partial charge in [0.15, 0.2) is 0 Å². The van der Waals surface area contributed by atoms with Gasteiger partial charge in [0, 0.05) is 0 Å². The third-order valence-corrected chi connectivity index (χ3v) is 4.17. The van der Waals surface area contributed by atoms with E-state index < -0.39 is 5.66 Å². The monoisotopic (exact) mass is 232 g/mol. The van der Waals surface area contributed by atoms with Crippen molar-refractivity contribution < 1.29 is 0 Å². The van der Waals surface area contributed by atoms with Crippen molar-refractivity contribution in [3.05, 3.63) is 35.9 Å². The first kappa shape index (κ1) is 12.6. The fourth-order valence-corrected chi connectivity index (χ4v) is 2.90. The van der Waals surface area contributed by atoms with Gasteiger partial charge in [0.1, 0.15) is 0 Å². The molecule has 1 fully saturated rings. The lowest BCUT2D eigenvalue weighted by molar-refractivity contribution is 0.191. The predicted octanol–water partition coefficient (Wildman–Crippen LogP) is 2.67. The fraction of sp³-hybridized carbons (Fsp3) is 0.600. The Hall–Kier alpha value is -0.860. The summed E-state index contributed by atoms with van der Waals surface area (Å²) in [6.45, 7) is 2.36. The Bertz CT molecular complexity index is 335. The average molecular weight is 232 g/mol. The smallest absolute Gasteiger partial charge is 0.0636 e. The summed E-state index contributed by atoms with van der Waals surface area (Å²) in [5.41, 5.74) is 13.0. The van der Waals surface area contributed by atoms with Crippen molar-refractivity contribution in [1.82, 2.24) is 0 Å². The van der Waals surface area contributed by atoms with E-state index in [1.165, 1.54) is 24.8 Å². The molecule has 2 nitrogen and oxygen atoms in total. The summed E-state index contributed by atoms with van der Waals surface area (Å²) in [6.07, 6.45) is 5.48. The van der Waals surface area contributed by atoms with Gasteiger partial charge in [-0.05, 0) is 49.5 Å². The van der Waals surface area contributed by atoms with Crippen molar-refractivity contribution in [2.75, 3.05) is 0 Å². The second-order valence-corrected chi connectivity index (χ2v) is 5.74. The van der Waals surface area contributed by atoms with Crippen molar-refractivity contribution in [1.29, 1.82) is 0 Å². The van der Waals surface area contributed by atoms with Crippen LogP contribution in [0.1, 0.15) is 38.2 Å². The molecule has 0 amide bonds. The molecule has 1 atom stereocenters. The Balaban J connectivity index is 1.87. The number of nitrogens with two attached hydrogens (primary N) is 2. The van der Waals surface area contributed by atoms with E-state index in [9.17, 15) is 0 Å². The second kappa shape index (κ2) is 5.19. The molecule has 1 aromatic carbocycles. The van der Waals surface area contributed by atoms with Crippen LogP contribution in [0.4, 0.5) is 0 Å². The largest absolute Gasteiger partial charge is 0.313 e. The Morgan fingerprint density at radius 2 is 1.76 bits per heavy atom. The van der Waals surface area contributed by atoms with Crippen molar-refractivity contribution in [2.24, 2.45) is 23.3 Å². The fourth-order valence-electron chi connectivity index (χ4n) is 2.90. The summed E-state index contributed by atoms with van der Waals surface area (Å²) >= 11 is 0. The lowest BCUT2D eigenvalue weighted by Gasteiger charge is -2.36. The molecular formula is C15H24N2. The van der Waals surface area contributed by atoms with Crippen LogP contribution < -0.4 is 11.5 Å². The molecule has 1 aliphatic rings. The van der Waals surface area contributed by atoms with Gasteiger partial charge in [-0.25, -0.2) is 0 Å². The molecular weight excluding hydrogens is 208 g/mol. The highest BCUT2D eigenvalue weighted by Crippen LogP contribution is 2.33. The quantitative estimate of drug-likeness (QED) is 0.787. The van der Waals surface area contributed by atoms with Gasteiger partial charge in [-0.3, -0.25) is 0 Å². The van der Waals surface area contributed by atoms with Gasteiger partial charge in [-0.2, -0.15) is 0 Å². The summed E-state index contributed by atoms with van der Waals surface area (Å²) in [5, 5.41) is 0. The molecule has 0 spiro atoms. The summed E-state index contributed by atoms with van der Waals surface area (Å²) in [6, 6.07) is 10.7. The standard InChI is InChI=1S/C15H24N2/c1-12(11-13-5-3-2-4-6-13)14-7-9-15(16,17)10-8-14/h2-6,12,14H,7-11,16-17H2,1H3. The van der Waals surface area contributed by atoms with Crippen LogP contribution in [0.3, 0.4) is 0 Å². The summed E-state index contributed by atoms with van der Waals surface area (Å²) in [5.74, 6) is 1.52. The molecule has 2 rings (SSSR count). The molecule has 2 heteroatoms. The topological polar surface area (TPSA) is 52.0 Å². The van der Waals surface area contributed by atoms with Crippen molar-refractivity contribution in [2.45, 2.75) is 44.7 Å². The van der Waals surface area contributed by atoms with Crippen LogP contribution in [0.5, 0.6) is 0 Å². The third-order valence-electron chi connectivity index (χ3n) is 4.17. The maximum absolute atomic E-state index is 5.97. The van der Waals surface area contributed by atoms with Crippen LogP contribution in [0.15, 0.2) is 30.3 Å². The highest BCUT2D eigenvalue weighted by molar-refractivity contribution is 5.15. The van der Waals surface area contributed by atoms with Crippen LogP contribution in [0.25, 0.3) is 0 Å². The Kier molecular flexibility index (Phi) is 3.85. The Labute approximate surface area is 104 Å². The maximum Gasteiger partial charge on any atom is 0.0636 e. The summed E-state index contributed by atoms with van der Waals surface area (Å²) < 4.78 is 0. The number of rotatable bonds is 3. The number of hydrogen-bond acceptors (Lipinski definition) is 2. The highest BCUT2D eigenvalue weighted by Gasteiger charge is 2.30. The van der Waals surface area contributed by atoms with Crippen LogP contribution in [0, 0.1) is 11.8 Å². The molecule has 1 unspecified atom stereocenters. The van der Waals surface area contributed by atoms with E-state index in [1.54, 1.807) is 0 Å². The van der Waals surface area contributed by atoms with Gasteiger partial charge in [-0.1, -0.05) is 37.3 Å². The molecule has 0 bridgehead atoms. The number of benzene rings is 1. The van der Waals surface area contributed by atoms with Crippen LogP contribution in [-0.2, 0) is 6.42 Å². The third kappa shape index (κ3) is 3.55. The average Bonchev–Trinajstić information content (AvgIpc) is 2.30. The second-order valence-electron chi connectivity index (χ2n) is 5.74. The zero-order chi connectivity index (χ0) is 12.3. The van der Waals surface area contributed by atoms with Gasteiger partial charge in [0.25, 0.3) is 0 Å². The first-order chi connectivity index (χ1) is 8.07. The van der Waals surface area contributed by atoms with E-state index in [1.807, 2.05) is 0 Å². The van der Waals surface area contributed by atoms with E-state index in [-0.39, 0.29) is 0 Å². The van der Waals surface area contributed by atoms with Crippen molar-refractivity contribution >= 4 is 0 Å². The molecule has 0 radical (unpaired) electrons. The SMILES string of the molecule is CC(Cc1ccccc1)C1CCC(N)(N)CC1. The van der Waals surface area contributed by atoms with Gasteiger partial charge in [-0.15, -0.1) is 0 Å². The molecule has 94 valence electrons. The summed E-state index contributed by atoms with van der Waals surface area (Å²) in [4.78, 5) is 0. The molecule has 0 aliphatic heterocycles. The van der Waals surface area contributed by atoms with Gasteiger partial charge in [0.2, 0.25) is 0 Å². The highest BCUT2D eigenvalue weighted by atomic mass is 15.0. The van der Waals surface area contributed by atoms with E-state index in [0.29, 0.717) is 0 Å². The van der Waals surface area contributed by atoms with E-state index >= 15 is 0 Å². The molecule has 1 aromatic rings. The lowest BCUT2D eigenvalue weighted by atomic mass is 9.75. The van der Waals surface area contributed by atoms with E-state index in [4.69, 9.17) is 11.5 Å². The molecule has 1 saturated carbocycles. The molecule has 0 saturated heterocycles. The minimum atomic E-state index is -0.400. The van der Waals surface area contributed by atoms with E-state index in [2.05, 4.69) is 37.3 Å². The lowest BCUT2D eigenvalue weighted by Crippen LogP contribution is -2.52. The van der Waals surface area contributed by atoms with Crippen LogP contribution in [0.2, 0.25) is 0 Å². The molecule has 1 aliphatic carbocycles. The normalized spacial score (nSPS) is 22.3. The first-order valence-corrected chi connectivity index (χ1v) is 6.68. The zero-order valence-electron chi connectivity index (χ0n) is 10.7. The molecule has 0 heterocycles. The predicted molar refractivity (Wildman–Crippen MR) is 72.4 cm³/mol. The Morgan fingerprint density at radius 1 is 1.18 bits per heavy atom. The first-order valence-electron chi connectivity index (χ1n) is 6.68. The molecule has 17 heavy (non-hydrogen) atoms. The summed E-state index contributed by atoms with van der Waals surface area (Å²) in [7, 11) is 0.